The highest BCUT2D eigenvalue weighted by atomic mass is 35.5. The highest BCUT2D eigenvalue weighted by Gasteiger charge is 2.55. The molecule has 1 atom stereocenters. The van der Waals surface area contributed by atoms with Crippen molar-refractivity contribution in [2.45, 2.75) is 56.5 Å². The van der Waals surface area contributed by atoms with Gasteiger partial charge in [0, 0.05) is 41.4 Å². The number of hydrogen-bond donors (Lipinski definition) is 0. The third-order valence-corrected chi connectivity index (χ3v) is 8.10. The minimum atomic E-state index is -5.07. The van der Waals surface area contributed by atoms with Crippen LogP contribution in [0.3, 0.4) is 0 Å². The summed E-state index contributed by atoms with van der Waals surface area (Å²) >= 11 is 6.24. The molecule has 2 aromatic rings. The van der Waals surface area contributed by atoms with Crippen LogP contribution in [-0.2, 0) is 43.5 Å². The largest absolute Gasteiger partial charge is 0.490 e. The van der Waals surface area contributed by atoms with Crippen LogP contribution in [0, 0.1) is 0 Å². The van der Waals surface area contributed by atoms with Crippen molar-refractivity contribution in [1.82, 2.24) is 14.7 Å². The number of benzene rings is 1. The SMILES string of the molecule is CC1(OC(=O)C(F)(F)F)CC2(CCN(Cc3cnn(CCS(C)(=O)=O)c3)CC2)c2cc(Cl)ccc21. The molecule has 7 nitrogen and oxygen atoms in total. The lowest BCUT2D eigenvalue weighted by atomic mass is 9.73. The van der Waals surface area contributed by atoms with Crippen molar-refractivity contribution in [2.24, 2.45) is 0 Å². The Morgan fingerprint density at radius 1 is 1.23 bits per heavy atom. The molecule has 0 N–H and O–H groups in total. The van der Waals surface area contributed by atoms with Crippen LogP contribution in [0.1, 0.15) is 42.9 Å². The Kier molecular flexibility index (Phi) is 6.74. The number of nitrogens with zero attached hydrogens (tertiary/aromatic N) is 3. The smallest absolute Gasteiger partial charge is 0.448 e. The van der Waals surface area contributed by atoms with Crippen molar-refractivity contribution in [1.29, 1.82) is 0 Å². The molecule has 0 saturated carbocycles. The maximum Gasteiger partial charge on any atom is 0.490 e. The topological polar surface area (TPSA) is 81.5 Å². The highest BCUT2D eigenvalue weighted by molar-refractivity contribution is 7.90. The van der Waals surface area contributed by atoms with E-state index in [0.29, 0.717) is 43.1 Å². The molecule has 1 saturated heterocycles. The zero-order chi connectivity index (χ0) is 25.6. The van der Waals surface area contributed by atoms with Gasteiger partial charge >= 0.3 is 12.1 Å². The molecule has 4 rings (SSSR count). The fraction of sp³-hybridized carbons (Fsp3) is 0.565. The molecule has 1 aromatic carbocycles. The molecule has 1 spiro atoms. The maximum atomic E-state index is 13.0. The first kappa shape index (κ1) is 26.0. The number of aryl methyl sites for hydroxylation is 1. The van der Waals surface area contributed by atoms with Gasteiger partial charge in [-0.3, -0.25) is 9.58 Å². The van der Waals surface area contributed by atoms with Crippen molar-refractivity contribution < 1.29 is 31.1 Å². The lowest BCUT2D eigenvalue weighted by Crippen LogP contribution is -2.43. The molecule has 12 heteroatoms. The minimum absolute atomic E-state index is 0.0139. The predicted molar refractivity (Wildman–Crippen MR) is 124 cm³/mol. The van der Waals surface area contributed by atoms with Crippen LogP contribution >= 0.6 is 11.6 Å². The molecule has 1 aromatic heterocycles. The molecule has 0 radical (unpaired) electrons. The molecule has 192 valence electrons. The summed E-state index contributed by atoms with van der Waals surface area (Å²) in [4.78, 5) is 13.9. The average molecular weight is 534 g/mol. The van der Waals surface area contributed by atoms with E-state index in [-0.39, 0.29) is 18.7 Å². The molecular weight excluding hydrogens is 507 g/mol. The monoisotopic (exact) mass is 533 g/mol. The molecule has 2 heterocycles. The van der Waals surface area contributed by atoms with Crippen LogP contribution < -0.4 is 0 Å². The summed E-state index contributed by atoms with van der Waals surface area (Å²) in [5.74, 6) is -2.18. The van der Waals surface area contributed by atoms with E-state index in [1.54, 1.807) is 29.1 Å². The van der Waals surface area contributed by atoms with Gasteiger partial charge in [-0.2, -0.15) is 18.3 Å². The molecular formula is C23H27ClF3N3O4S. The number of sulfone groups is 1. The van der Waals surface area contributed by atoms with Gasteiger partial charge in [0.25, 0.3) is 0 Å². The second-order valence-electron chi connectivity index (χ2n) is 9.78. The van der Waals surface area contributed by atoms with Crippen LogP contribution in [0.25, 0.3) is 0 Å². The van der Waals surface area contributed by atoms with Crippen LogP contribution in [0.2, 0.25) is 5.02 Å². The van der Waals surface area contributed by atoms with Gasteiger partial charge in [-0.1, -0.05) is 17.7 Å². The number of halogens is 4. The number of fused-ring (bicyclic) bond motifs is 2. The van der Waals surface area contributed by atoms with E-state index in [9.17, 15) is 26.4 Å². The van der Waals surface area contributed by atoms with Gasteiger partial charge in [0.15, 0.2) is 0 Å². The quantitative estimate of drug-likeness (QED) is 0.525. The van der Waals surface area contributed by atoms with Gasteiger partial charge in [0.1, 0.15) is 15.4 Å². The van der Waals surface area contributed by atoms with E-state index in [2.05, 4.69) is 10.00 Å². The minimum Gasteiger partial charge on any atom is -0.448 e. The van der Waals surface area contributed by atoms with Crippen molar-refractivity contribution in [3.05, 3.63) is 52.3 Å². The lowest BCUT2D eigenvalue weighted by Gasteiger charge is -2.41. The number of ether oxygens (including phenoxy) is 1. The van der Waals surface area contributed by atoms with Crippen LogP contribution in [0.15, 0.2) is 30.6 Å². The van der Waals surface area contributed by atoms with Gasteiger partial charge in [-0.05, 0) is 56.1 Å². The highest BCUT2D eigenvalue weighted by Crippen LogP contribution is 2.55. The second-order valence-corrected chi connectivity index (χ2v) is 12.5. The number of carbonyl (C=O) groups excluding carboxylic acids is 1. The summed E-state index contributed by atoms with van der Waals surface area (Å²) in [5.41, 5.74) is 0.524. The number of alkyl halides is 3. The molecule has 1 aliphatic carbocycles. The van der Waals surface area contributed by atoms with Gasteiger partial charge in [-0.25, -0.2) is 13.2 Å². The number of likely N-dealkylation sites (tertiary alicyclic amines) is 1. The molecule has 2 aliphatic rings. The van der Waals surface area contributed by atoms with E-state index >= 15 is 0 Å². The zero-order valence-corrected chi connectivity index (χ0v) is 21.0. The summed E-state index contributed by atoms with van der Waals surface area (Å²) in [5, 5.41) is 4.72. The van der Waals surface area contributed by atoms with Crippen molar-refractivity contribution in [3.63, 3.8) is 0 Å². The Morgan fingerprint density at radius 2 is 1.91 bits per heavy atom. The Balaban J connectivity index is 1.47. The van der Waals surface area contributed by atoms with Crippen LogP contribution in [0.4, 0.5) is 13.2 Å². The van der Waals surface area contributed by atoms with E-state index in [0.717, 1.165) is 11.1 Å². The third-order valence-electron chi connectivity index (χ3n) is 6.95. The van der Waals surface area contributed by atoms with Crippen LogP contribution in [-0.4, -0.2) is 60.3 Å². The van der Waals surface area contributed by atoms with E-state index in [1.165, 1.54) is 13.2 Å². The Hall–Kier alpha value is -2.11. The van der Waals surface area contributed by atoms with Gasteiger partial charge in [-0.15, -0.1) is 0 Å². The molecule has 0 amide bonds. The maximum absolute atomic E-state index is 13.0. The Morgan fingerprint density at radius 3 is 2.54 bits per heavy atom. The average Bonchev–Trinajstić information content (AvgIpc) is 3.28. The Labute approximate surface area is 207 Å². The van der Waals surface area contributed by atoms with Crippen LogP contribution in [0.5, 0.6) is 0 Å². The van der Waals surface area contributed by atoms with Crippen molar-refractivity contribution in [2.75, 3.05) is 25.1 Å². The third kappa shape index (κ3) is 5.67. The van der Waals surface area contributed by atoms with E-state index in [4.69, 9.17) is 16.3 Å². The van der Waals surface area contributed by atoms with Crippen molar-refractivity contribution in [3.8, 4) is 0 Å². The zero-order valence-electron chi connectivity index (χ0n) is 19.4. The second kappa shape index (κ2) is 9.08. The lowest BCUT2D eigenvalue weighted by molar-refractivity contribution is -0.214. The molecule has 1 unspecified atom stereocenters. The molecule has 35 heavy (non-hydrogen) atoms. The number of aromatic nitrogens is 2. The molecule has 1 fully saturated rings. The molecule has 1 aliphatic heterocycles. The Bertz CT molecular complexity index is 1220. The first-order chi connectivity index (χ1) is 16.2. The first-order valence-electron chi connectivity index (χ1n) is 11.2. The van der Waals surface area contributed by atoms with Crippen molar-refractivity contribution >= 4 is 27.4 Å². The van der Waals surface area contributed by atoms with E-state index in [1.807, 2.05) is 6.20 Å². The first-order valence-corrected chi connectivity index (χ1v) is 13.7. The van der Waals surface area contributed by atoms with E-state index < -0.39 is 33.0 Å². The molecule has 0 bridgehead atoms. The predicted octanol–water partition coefficient (Wildman–Crippen LogP) is 3.84. The summed E-state index contributed by atoms with van der Waals surface area (Å²) in [6.45, 7) is 3.81. The standard InChI is InChI=1S/C23H27ClF3N3O4S/c1-21(34-20(31)23(25,26)27)15-22(19-11-17(24)3-4-18(19)21)5-7-29(8-6-22)13-16-12-28-30(14-16)9-10-35(2,32)33/h3-4,11-12,14H,5-10,13,15H2,1-2H3. The summed E-state index contributed by atoms with van der Waals surface area (Å²) in [7, 11) is -3.08. The fourth-order valence-corrected chi connectivity index (χ4v) is 6.01. The summed E-state index contributed by atoms with van der Waals surface area (Å²) < 4.78 is 68.3. The number of rotatable bonds is 6. The summed E-state index contributed by atoms with van der Waals surface area (Å²) in [6.07, 6.45) is 1.25. The fourth-order valence-electron chi connectivity index (χ4n) is 5.32. The van der Waals surface area contributed by atoms with Gasteiger partial charge in [0.2, 0.25) is 0 Å². The van der Waals surface area contributed by atoms with Gasteiger partial charge < -0.3 is 4.74 Å². The normalized spacial score (nSPS) is 22.3. The number of carbonyl (C=O) groups is 1. The number of piperidine rings is 1. The van der Waals surface area contributed by atoms with Gasteiger partial charge in [0.05, 0.1) is 18.5 Å². The number of esters is 1. The number of hydrogen-bond acceptors (Lipinski definition) is 6. The summed E-state index contributed by atoms with van der Waals surface area (Å²) in [6, 6.07) is 5.05.